The lowest BCUT2D eigenvalue weighted by Gasteiger charge is -2.40. The Bertz CT molecular complexity index is 771. The molecule has 2 aliphatic rings. The highest BCUT2D eigenvalue weighted by Gasteiger charge is 2.47. The van der Waals surface area contributed by atoms with E-state index in [0.29, 0.717) is 44.5 Å². The van der Waals surface area contributed by atoms with E-state index >= 15 is 0 Å². The minimum absolute atomic E-state index is 0.218. The van der Waals surface area contributed by atoms with Crippen molar-refractivity contribution in [1.29, 1.82) is 5.26 Å². The van der Waals surface area contributed by atoms with E-state index in [9.17, 15) is 10.1 Å². The summed E-state index contributed by atoms with van der Waals surface area (Å²) < 4.78 is 13.3. The molecule has 0 bridgehead atoms. The third kappa shape index (κ3) is 2.56. The second-order valence-corrected chi connectivity index (χ2v) is 6.52. The lowest BCUT2D eigenvalue weighted by molar-refractivity contribution is -0.182. The SMILES string of the molecule is N#CC1(NC(=O)c2cc3ccccn3c2)CCC2(CC1)OCCO2. The monoisotopic (exact) mass is 325 g/mol. The zero-order valence-electron chi connectivity index (χ0n) is 13.3. The van der Waals surface area contributed by atoms with Gasteiger partial charge in [-0.3, -0.25) is 4.79 Å². The standard InChI is InChI=1S/C18H19N3O3/c19-13-17(4-6-18(7-5-17)23-9-10-24-18)20-16(22)14-11-15-3-1-2-8-21(15)12-14/h1-3,8,11-12H,4-7,9-10H2,(H,20,22). The minimum Gasteiger partial charge on any atom is -0.348 e. The van der Waals surface area contributed by atoms with Crippen LogP contribution in [0.4, 0.5) is 0 Å². The predicted octanol–water partition coefficient (Wildman–Crippen LogP) is 2.25. The Morgan fingerprint density at radius 3 is 2.62 bits per heavy atom. The number of hydrogen-bond acceptors (Lipinski definition) is 4. The Morgan fingerprint density at radius 2 is 1.96 bits per heavy atom. The molecule has 1 amide bonds. The molecule has 0 radical (unpaired) electrons. The number of fused-ring (bicyclic) bond motifs is 1. The number of hydrogen-bond donors (Lipinski definition) is 1. The molecular formula is C18H19N3O3. The Balaban J connectivity index is 1.50. The van der Waals surface area contributed by atoms with Gasteiger partial charge in [0, 0.05) is 30.8 Å². The number of amides is 1. The Morgan fingerprint density at radius 1 is 1.21 bits per heavy atom. The molecule has 6 heteroatoms. The van der Waals surface area contributed by atoms with Gasteiger partial charge in [-0.25, -0.2) is 0 Å². The maximum absolute atomic E-state index is 12.6. The topological polar surface area (TPSA) is 75.8 Å². The van der Waals surface area contributed by atoms with Crippen LogP contribution >= 0.6 is 0 Å². The summed E-state index contributed by atoms with van der Waals surface area (Å²) >= 11 is 0. The average molecular weight is 325 g/mol. The summed E-state index contributed by atoms with van der Waals surface area (Å²) in [5.41, 5.74) is 0.652. The first-order valence-corrected chi connectivity index (χ1v) is 8.22. The van der Waals surface area contributed by atoms with Crippen molar-refractivity contribution in [2.24, 2.45) is 0 Å². The van der Waals surface area contributed by atoms with Crippen LogP contribution < -0.4 is 5.32 Å². The predicted molar refractivity (Wildman–Crippen MR) is 86.3 cm³/mol. The summed E-state index contributed by atoms with van der Waals surface area (Å²) in [5.74, 6) is -0.764. The highest BCUT2D eigenvalue weighted by molar-refractivity contribution is 5.96. The number of carbonyl (C=O) groups excluding carboxylic acids is 1. The number of pyridine rings is 1. The van der Waals surface area contributed by atoms with Crippen LogP contribution in [0, 0.1) is 11.3 Å². The maximum Gasteiger partial charge on any atom is 0.254 e. The number of ether oxygens (including phenoxy) is 2. The van der Waals surface area contributed by atoms with Crippen LogP contribution in [-0.4, -0.2) is 34.8 Å². The molecule has 4 rings (SSSR count). The van der Waals surface area contributed by atoms with Gasteiger partial charge in [-0.05, 0) is 31.0 Å². The Kier molecular flexibility index (Phi) is 3.56. The second-order valence-electron chi connectivity index (χ2n) is 6.52. The molecule has 1 aliphatic heterocycles. The van der Waals surface area contributed by atoms with Crippen LogP contribution in [0.3, 0.4) is 0 Å². The summed E-state index contributed by atoms with van der Waals surface area (Å²) in [6, 6.07) is 9.91. The third-order valence-corrected chi connectivity index (χ3v) is 5.01. The molecule has 24 heavy (non-hydrogen) atoms. The molecule has 1 spiro atoms. The van der Waals surface area contributed by atoms with Crippen molar-refractivity contribution in [2.45, 2.75) is 37.0 Å². The molecule has 1 saturated heterocycles. The molecular weight excluding hydrogens is 306 g/mol. The fraction of sp³-hybridized carbons (Fsp3) is 0.444. The van der Waals surface area contributed by atoms with Crippen LogP contribution in [0.1, 0.15) is 36.0 Å². The van der Waals surface area contributed by atoms with Crippen molar-refractivity contribution in [2.75, 3.05) is 13.2 Å². The van der Waals surface area contributed by atoms with Gasteiger partial charge in [-0.15, -0.1) is 0 Å². The van der Waals surface area contributed by atoms with Gasteiger partial charge in [-0.1, -0.05) is 6.07 Å². The van der Waals surface area contributed by atoms with E-state index in [1.165, 1.54) is 0 Å². The highest BCUT2D eigenvalue weighted by atomic mass is 16.7. The molecule has 0 unspecified atom stereocenters. The highest BCUT2D eigenvalue weighted by Crippen LogP contribution is 2.40. The Labute approximate surface area is 140 Å². The zero-order valence-corrected chi connectivity index (χ0v) is 13.3. The maximum atomic E-state index is 12.6. The molecule has 3 heterocycles. The summed E-state index contributed by atoms with van der Waals surface area (Å²) in [4.78, 5) is 12.6. The number of rotatable bonds is 2. The van der Waals surface area contributed by atoms with Gasteiger partial charge in [0.05, 0.1) is 24.8 Å². The van der Waals surface area contributed by atoms with Crippen LogP contribution in [0.15, 0.2) is 36.7 Å². The lowest BCUT2D eigenvalue weighted by atomic mass is 9.79. The van der Waals surface area contributed by atoms with Crippen LogP contribution in [0.25, 0.3) is 5.52 Å². The van der Waals surface area contributed by atoms with E-state index in [4.69, 9.17) is 9.47 Å². The molecule has 0 aromatic carbocycles. The van der Waals surface area contributed by atoms with Gasteiger partial charge >= 0.3 is 0 Å². The van der Waals surface area contributed by atoms with Gasteiger partial charge in [-0.2, -0.15) is 5.26 Å². The lowest BCUT2D eigenvalue weighted by Crippen LogP contribution is -2.53. The quantitative estimate of drug-likeness (QED) is 0.919. The normalized spacial score (nSPS) is 21.6. The molecule has 2 fully saturated rings. The van der Waals surface area contributed by atoms with E-state index in [1.807, 2.05) is 34.9 Å². The van der Waals surface area contributed by atoms with E-state index in [1.54, 1.807) is 6.20 Å². The van der Waals surface area contributed by atoms with Gasteiger partial charge in [0.25, 0.3) is 5.91 Å². The fourth-order valence-electron chi connectivity index (χ4n) is 3.58. The summed E-state index contributed by atoms with van der Waals surface area (Å²) in [7, 11) is 0. The molecule has 6 nitrogen and oxygen atoms in total. The first-order valence-electron chi connectivity index (χ1n) is 8.22. The van der Waals surface area contributed by atoms with E-state index < -0.39 is 11.3 Å². The summed E-state index contributed by atoms with van der Waals surface area (Å²) in [6.07, 6.45) is 5.98. The number of nitrogens with one attached hydrogen (secondary N) is 1. The molecule has 1 N–H and O–H groups in total. The van der Waals surface area contributed by atoms with E-state index in [0.717, 1.165) is 5.52 Å². The van der Waals surface area contributed by atoms with Crippen molar-refractivity contribution >= 4 is 11.4 Å². The van der Waals surface area contributed by atoms with Gasteiger partial charge in [0.15, 0.2) is 5.79 Å². The third-order valence-electron chi connectivity index (χ3n) is 5.01. The Hall–Kier alpha value is -2.36. The number of nitrogens with zero attached hydrogens (tertiary/aromatic N) is 2. The molecule has 2 aromatic heterocycles. The molecule has 0 atom stereocenters. The molecule has 2 aromatic rings. The first-order chi connectivity index (χ1) is 11.6. The van der Waals surface area contributed by atoms with Gasteiger partial charge in [0.1, 0.15) is 5.54 Å². The summed E-state index contributed by atoms with van der Waals surface area (Å²) in [5, 5.41) is 12.6. The number of carbonyl (C=O) groups is 1. The van der Waals surface area contributed by atoms with Crippen LogP contribution in [0.5, 0.6) is 0 Å². The average Bonchev–Trinajstić information content (AvgIpc) is 3.24. The largest absolute Gasteiger partial charge is 0.348 e. The zero-order chi connectivity index (χ0) is 16.6. The second kappa shape index (κ2) is 5.62. The van der Waals surface area contributed by atoms with Gasteiger partial charge in [0.2, 0.25) is 0 Å². The van der Waals surface area contributed by atoms with Crippen molar-refractivity contribution in [3.63, 3.8) is 0 Å². The van der Waals surface area contributed by atoms with Crippen molar-refractivity contribution in [3.8, 4) is 6.07 Å². The molecule has 1 aliphatic carbocycles. The number of aromatic nitrogens is 1. The van der Waals surface area contributed by atoms with E-state index in [2.05, 4.69) is 11.4 Å². The van der Waals surface area contributed by atoms with Crippen molar-refractivity contribution < 1.29 is 14.3 Å². The molecule has 1 saturated carbocycles. The minimum atomic E-state index is -0.855. The molecule has 124 valence electrons. The summed E-state index contributed by atoms with van der Waals surface area (Å²) in [6.45, 7) is 1.20. The smallest absolute Gasteiger partial charge is 0.254 e. The first kappa shape index (κ1) is 15.2. The van der Waals surface area contributed by atoms with Crippen LogP contribution in [0.2, 0.25) is 0 Å². The van der Waals surface area contributed by atoms with Gasteiger partial charge < -0.3 is 19.2 Å². The number of nitriles is 1. The van der Waals surface area contributed by atoms with Crippen molar-refractivity contribution in [3.05, 3.63) is 42.2 Å². The van der Waals surface area contributed by atoms with Crippen molar-refractivity contribution in [1.82, 2.24) is 9.72 Å². The fourth-order valence-corrected chi connectivity index (χ4v) is 3.58. The van der Waals surface area contributed by atoms with Crippen LogP contribution in [-0.2, 0) is 9.47 Å². The van der Waals surface area contributed by atoms with E-state index in [-0.39, 0.29) is 5.91 Å².